The third-order valence-electron chi connectivity index (χ3n) is 3.13. The zero-order valence-electron chi connectivity index (χ0n) is 11.4. The summed E-state index contributed by atoms with van der Waals surface area (Å²) in [6, 6.07) is 7.71. The topological polar surface area (TPSA) is 55.2 Å². The highest BCUT2D eigenvalue weighted by Gasteiger charge is 2.15. The quantitative estimate of drug-likeness (QED) is 0.605. The van der Waals surface area contributed by atoms with Gasteiger partial charge in [-0.25, -0.2) is 0 Å². The molecule has 0 amide bonds. The van der Waals surface area contributed by atoms with Crippen LogP contribution in [0.3, 0.4) is 0 Å². The van der Waals surface area contributed by atoms with Crippen LogP contribution in [0.25, 0.3) is 0 Å². The van der Waals surface area contributed by atoms with Crippen molar-refractivity contribution in [1.29, 1.82) is 0 Å². The van der Waals surface area contributed by atoms with Gasteiger partial charge < -0.3 is 5.32 Å². The molecule has 1 unspecified atom stereocenters. The maximum atomic E-state index is 10.9. The van der Waals surface area contributed by atoms with Gasteiger partial charge in [0.2, 0.25) is 0 Å². The van der Waals surface area contributed by atoms with Crippen LogP contribution in [0.2, 0.25) is 0 Å². The third-order valence-corrected chi connectivity index (χ3v) is 4.94. The first-order chi connectivity index (χ1) is 9.38. The number of nitro benzene ring substituents is 1. The molecule has 1 aromatic heterocycles. The van der Waals surface area contributed by atoms with Crippen LogP contribution >= 0.6 is 27.3 Å². The van der Waals surface area contributed by atoms with Crippen LogP contribution in [0.5, 0.6) is 0 Å². The number of benzene rings is 1. The van der Waals surface area contributed by atoms with Crippen molar-refractivity contribution in [1.82, 2.24) is 0 Å². The first kappa shape index (κ1) is 15.0. The molecule has 0 fully saturated rings. The summed E-state index contributed by atoms with van der Waals surface area (Å²) < 4.78 is 1.10. The standard InChI is InChI=1S/C14H15BrN2O2S/c1-8-7-12(17(18)19)9(2)6-11(8)16-10(3)13-4-5-14(15)20-13/h4-7,10,16H,1-3H3. The van der Waals surface area contributed by atoms with Crippen molar-refractivity contribution in [3.63, 3.8) is 0 Å². The van der Waals surface area contributed by atoms with Gasteiger partial charge in [-0.2, -0.15) is 0 Å². The molecule has 0 aliphatic carbocycles. The number of hydrogen-bond acceptors (Lipinski definition) is 4. The molecule has 2 aromatic rings. The molecule has 0 bridgehead atoms. The van der Waals surface area contributed by atoms with E-state index >= 15 is 0 Å². The fraction of sp³-hybridized carbons (Fsp3) is 0.286. The molecule has 1 aromatic carbocycles. The molecule has 0 saturated heterocycles. The molecule has 1 atom stereocenters. The lowest BCUT2D eigenvalue weighted by Gasteiger charge is -2.16. The molecular formula is C14H15BrN2O2S. The summed E-state index contributed by atoms with van der Waals surface area (Å²) in [7, 11) is 0. The second kappa shape index (κ2) is 5.93. The Labute approximate surface area is 130 Å². The van der Waals surface area contributed by atoms with E-state index < -0.39 is 0 Å². The van der Waals surface area contributed by atoms with Crippen LogP contribution < -0.4 is 5.32 Å². The van der Waals surface area contributed by atoms with Crippen LogP contribution in [-0.2, 0) is 0 Å². The van der Waals surface area contributed by atoms with Crippen LogP contribution in [0.4, 0.5) is 11.4 Å². The van der Waals surface area contributed by atoms with Crippen molar-refractivity contribution >= 4 is 38.6 Å². The number of hydrogen-bond donors (Lipinski definition) is 1. The lowest BCUT2D eigenvalue weighted by Crippen LogP contribution is -2.07. The van der Waals surface area contributed by atoms with Crippen molar-refractivity contribution in [2.24, 2.45) is 0 Å². The predicted molar refractivity (Wildman–Crippen MR) is 86.6 cm³/mol. The Hall–Kier alpha value is -1.40. The van der Waals surface area contributed by atoms with E-state index in [1.165, 1.54) is 4.88 Å². The van der Waals surface area contributed by atoms with E-state index in [2.05, 4.69) is 34.2 Å². The number of nitrogens with zero attached hydrogens (tertiary/aromatic N) is 1. The van der Waals surface area contributed by atoms with Crippen LogP contribution in [0.15, 0.2) is 28.1 Å². The van der Waals surface area contributed by atoms with Gasteiger partial charge in [-0.1, -0.05) is 0 Å². The number of nitro groups is 1. The molecule has 2 rings (SSSR count). The maximum absolute atomic E-state index is 10.9. The fourth-order valence-corrected chi connectivity index (χ4v) is 3.44. The average molecular weight is 355 g/mol. The number of halogens is 1. The Kier molecular flexibility index (Phi) is 4.45. The molecule has 0 saturated carbocycles. The number of nitrogens with one attached hydrogen (secondary N) is 1. The Morgan fingerprint density at radius 2 is 2.00 bits per heavy atom. The summed E-state index contributed by atoms with van der Waals surface area (Å²) in [5.41, 5.74) is 2.65. The summed E-state index contributed by atoms with van der Waals surface area (Å²) >= 11 is 5.13. The zero-order chi connectivity index (χ0) is 14.9. The largest absolute Gasteiger partial charge is 0.377 e. The fourth-order valence-electron chi connectivity index (χ4n) is 2.02. The molecule has 0 spiro atoms. The molecule has 106 valence electrons. The smallest absolute Gasteiger partial charge is 0.272 e. The monoisotopic (exact) mass is 354 g/mol. The number of anilines is 1. The molecular weight excluding hydrogens is 340 g/mol. The summed E-state index contributed by atoms with van der Waals surface area (Å²) in [6.45, 7) is 5.72. The van der Waals surface area contributed by atoms with Gasteiger partial charge in [-0.3, -0.25) is 10.1 Å². The van der Waals surface area contributed by atoms with Gasteiger partial charge in [-0.05, 0) is 60.5 Å². The Morgan fingerprint density at radius 1 is 1.30 bits per heavy atom. The van der Waals surface area contributed by atoms with Crippen molar-refractivity contribution in [2.75, 3.05) is 5.32 Å². The SMILES string of the molecule is Cc1cc([N+](=O)[O-])c(C)cc1NC(C)c1ccc(Br)s1. The second-order valence-electron chi connectivity index (χ2n) is 4.72. The van der Waals surface area contributed by atoms with Crippen molar-refractivity contribution in [3.8, 4) is 0 Å². The summed E-state index contributed by atoms with van der Waals surface area (Å²) in [5.74, 6) is 0. The number of aryl methyl sites for hydroxylation is 2. The van der Waals surface area contributed by atoms with Crippen LogP contribution in [0, 0.1) is 24.0 Å². The van der Waals surface area contributed by atoms with E-state index in [9.17, 15) is 10.1 Å². The first-order valence-electron chi connectivity index (χ1n) is 6.16. The third kappa shape index (κ3) is 3.19. The van der Waals surface area contributed by atoms with E-state index in [4.69, 9.17) is 0 Å². The van der Waals surface area contributed by atoms with Crippen molar-refractivity contribution in [3.05, 3.63) is 54.2 Å². The molecule has 0 radical (unpaired) electrons. The highest BCUT2D eigenvalue weighted by molar-refractivity contribution is 9.11. The van der Waals surface area contributed by atoms with E-state index in [-0.39, 0.29) is 16.7 Å². The van der Waals surface area contributed by atoms with Gasteiger partial charge in [0.15, 0.2) is 0 Å². The zero-order valence-corrected chi connectivity index (χ0v) is 13.8. The van der Waals surface area contributed by atoms with Crippen LogP contribution in [-0.4, -0.2) is 4.92 Å². The lowest BCUT2D eigenvalue weighted by molar-refractivity contribution is -0.385. The number of rotatable bonds is 4. The predicted octanol–water partition coefficient (Wildman–Crippen LogP) is 5.21. The Morgan fingerprint density at radius 3 is 2.55 bits per heavy atom. The van der Waals surface area contributed by atoms with Gasteiger partial charge in [0, 0.05) is 22.2 Å². The van der Waals surface area contributed by atoms with E-state index in [1.54, 1.807) is 24.3 Å². The molecule has 6 heteroatoms. The van der Waals surface area contributed by atoms with E-state index in [0.717, 1.165) is 15.0 Å². The highest BCUT2D eigenvalue weighted by atomic mass is 79.9. The van der Waals surface area contributed by atoms with Crippen LogP contribution in [0.1, 0.15) is 29.0 Å². The molecule has 1 N–H and O–H groups in total. The Bertz CT molecular complexity index is 655. The van der Waals surface area contributed by atoms with Gasteiger partial charge >= 0.3 is 0 Å². The van der Waals surface area contributed by atoms with E-state index in [0.29, 0.717) is 5.56 Å². The second-order valence-corrected chi connectivity index (χ2v) is 7.21. The molecule has 1 heterocycles. The lowest BCUT2D eigenvalue weighted by atomic mass is 10.1. The van der Waals surface area contributed by atoms with Gasteiger partial charge in [0.05, 0.1) is 14.8 Å². The van der Waals surface area contributed by atoms with Gasteiger partial charge in [0.25, 0.3) is 5.69 Å². The highest BCUT2D eigenvalue weighted by Crippen LogP contribution is 2.32. The Balaban J connectivity index is 2.25. The molecule has 20 heavy (non-hydrogen) atoms. The molecule has 4 nitrogen and oxygen atoms in total. The van der Waals surface area contributed by atoms with E-state index in [1.807, 2.05) is 19.1 Å². The van der Waals surface area contributed by atoms with Gasteiger partial charge in [0.1, 0.15) is 0 Å². The first-order valence-corrected chi connectivity index (χ1v) is 7.77. The van der Waals surface area contributed by atoms with Crippen molar-refractivity contribution < 1.29 is 4.92 Å². The van der Waals surface area contributed by atoms with Crippen molar-refractivity contribution in [2.45, 2.75) is 26.8 Å². The maximum Gasteiger partial charge on any atom is 0.272 e. The summed E-state index contributed by atoms with van der Waals surface area (Å²) in [4.78, 5) is 11.8. The minimum Gasteiger partial charge on any atom is -0.377 e. The molecule has 0 aliphatic heterocycles. The van der Waals surface area contributed by atoms with Gasteiger partial charge in [-0.15, -0.1) is 11.3 Å². The minimum absolute atomic E-state index is 0.158. The summed E-state index contributed by atoms with van der Waals surface area (Å²) in [6.07, 6.45) is 0. The number of thiophene rings is 1. The minimum atomic E-state index is -0.341. The molecule has 0 aliphatic rings. The normalized spacial score (nSPS) is 12.2. The summed E-state index contributed by atoms with van der Waals surface area (Å²) in [5, 5.41) is 14.3. The average Bonchev–Trinajstić information content (AvgIpc) is 2.79.